The number of phenols is 1. The van der Waals surface area contributed by atoms with Crippen molar-refractivity contribution < 1.29 is 14.7 Å². The molecule has 0 bridgehead atoms. The molecule has 1 aromatic rings. The van der Waals surface area contributed by atoms with Gasteiger partial charge in [-0.25, -0.2) is 0 Å². The fraction of sp³-hybridized carbons (Fsp3) is 0.385. The van der Waals surface area contributed by atoms with Crippen molar-refractivity contribution in [3.05, 3.63) is 22.2 Å². The average molecular weight is 317 g/mol. The largest absolute Gasteiger partial charge is 0.505 e. The van der Waals surface area contributed by atoms with E-state index in [0.717, 1.165) is 0 Å². The van der Waals surface area contributed by atoms with Gasteiger partial charge in [0.15, 0.2) is 5.75 Å². The molecule has 0 saturated heterocycles. The van der Waals surface area contributed by atoms with Crippen molar-refractivity contribution in [1.29, 1.82) is 0 Å². The van der Waals surface area contributed by atoms with E-state index >= 15 is 0 Å². The minimum atomic E-state index is -0.986. The van der Waals surface area contributed by atoms with Crippen LogP contribution < -0.4 is 5.32 Å². The van der Waals surface area contributed by atoms with Crippen molar-refractivity contribution in [2.24, 2.45) is 5.41 Å². The smallest absolute Gasteiger partial charge is 0.240 e. The van der Waals surface area contributed by atoms with Gasteiger partial charge in [-0.2, -0.15) is 0 Å². The number of carbonyl (C=O) groups is 2. The third kappa shape index (κ3) is 2.55. The Hall–Kier alpha value is -1.46. The Bertz CT molecular complexity index is 560. The van der Waals surface area contributed by atoms with E-state index in [9.17, 15) is 14.7 Å². The van der Waals surface area contributed by atoms with Crippen LogP contribution in [0.4, 0.5) is 5.69 Å². The van der Waals surface area contributed by atoms with E-state index in [2.05, 4.69) is 5.32 Å². The molecule has 1 aliphatic carbocycles. The Morgan fingerprint density at radius 3 is 2.15 bits per heavy atom. The molecule has 108 valence electrons. The predicted octanol–water partition coefficient (Wildman–Crippen LogP) is 2.51. The second-order valence-corrected chi connectivity index (χ2v) is 5.84. The number of amides is 2. The van der Waals surface area contributed by atoms with E-state index < -0.39 is 5.41 Å². The van der Waals surface area contributed by atoms with Gasteiger partial charge in [0.2, 0.25) is 11.8 Å². The molecule has 20 heavy (non-hydrogen) atoms. The molecule has 0 radical (unpaired) electrons. The van der Waals surface area contributed by atoms with Gasteiger partial charge < -0.3 is 15.3 Å². The molecule has 0 heterocycles. The normalized spacial score (nSPS) is 15.6. The lowest BCUT2D eigenvalue weighted by atomic mass is 10.0. The fourth-order valence-corrected chi connectivity index (χ4v) is 2.47. The van der Waals surface area contributed by atoms with Crippen LogP contribution in [-0.2, 0) is 9.59 Å². The fourth-order valence-electron chi connectivity index (χ4n) is 1.98. The molecule has 0 unspecified atom stereocenters. The first-order valence-corrected chi connectivity index (χ1v) is 6.75. The van der Waals surface area contributed by atoms with E-state index in [1.807, 2.05) is 0 Å². The van der Waals surface area contributed by atoms with Gasteiger partial charge >= 0.3 is 0 Å². The Morgan fingerprint density at radius 1 is 1.25 bits per heavy atom. The lowest BCUT2D eigenvalue weighted by Crippen LogP contribution is -2.39. The molecule has 1 saturated carbocycles. The summed E-state index contributed by atoms with van der Waals surface area (Å²) in [4.78, 5) is 25.7. The van der Waals surface area contributed by atoms with Crippen LogP contribution in [0.25, 0.3) is 0 Å². The van der Waals surface area contributed by atoms with Crippen LogP contribution in [0.1, 0.15) is 12.8 Å². The van der Waals surface area contributed by atoms with E-state index in [-0.39, 0.29) is 27.6 Å². The Kier molecular flexibility index (Phi) is 3.84. The molecule has 2 rings (SSSR count). The number of aromatic hydroxyl groups is 1. The highest BCUT2D eigenvalue weighted by molar-refractivity contribution is 6.37. The maximum Gasteiger partial charge on any atom is 0.240 e. The van der Waals surface area contributed by atoms with Crippen molar-refractivity contribution >= 4 is 40.7 Å². The standard InChI is InChI=1S/C13H14Cl2N2O3/c1-17(2)12(20)13(3-4-13)11(19)16-7-5-8(14)10(18)9(15)6-7/h5-6,18H,3-4H2,1-2H3,(H,16,19). The summed E-state index contributed by atoms with van der Waals surface area (Å²) in [7, 11) is 3.23. The topological polar surface area (TPSA) is 69.6 Å². The summed E-state index contributed by atoms with van der Waals surface area (Å²) < 4.78 is 0. The van der Waals surface area contributed by atoms with Gasteiger partial charge in [0, 0.05) is 19.8 Å². The number of benzene rings is 1. The zero-order chi connectivity index (χ0) is 15.1. The Balaban J connectivity index is 2.19. The zero-order valence-electron chi connectivity index (χ0n) is 11.0. The second-order valence-electron chi connectivity index (χ2n) is 5.02. The van der Waals surface area contributed by atoms with Crippen molar-refractivity contribution in [2.75, 3.05) is 19.4 Å². The number of anilines is 1. The number of nitrogens with zero attached hydrogens (tertiary/aromatic N) is 1. The van der Waals surface area contributed by atoms with Crippen LogP contribution in [-0.4, -0.2) is 35.9 Å². The van der Waals surface area contributed by atoms with Gasteiger partial charge in [-0.05, 0) is 25.0 Å². The molecule has 2 N–H and O–H groups in total. The summed E-state index contributed by atoms with van der Waals surface area (Å²) >= 11 is 11.6. The number of hydrogen-bond acceptors (Lipinski definition) is 3. The molecule has 2 amide bonds. The Labute approximate surface area is 126 Å². The molecular weight excluding hydrogens is 303 g/mol. The third-order valence-corrected chi connectivity index (χ3v) is 3.85. The first-order chi connectivity index (χ1) is 9.28. The summed E-state index contributed by atoms with van der Waals surface area (Å²) in [6.07, 6.45) is 1.05. The maximum absolute atomic E-state index is 12.2. The van der Waals surface area contributed by atoms with Crippen molar-refractivity contribution in [3.8, 4) is 5.75 Å². The van der Waals surface area contributed by atoms with Crippen LogP contribution in [0.2, 0.25) is 10.0 Å². The van der Waals surface area contributed by atoms with Crippen molar-refractivity contribution in [1.82, 2.24) is 4.90 Å². The van der Waals surface area contributed by atoms with Crippen LogP contribution in [0, 0.1) is 5.41 Å². The highest BCUT2D eigenvalue weighted by Crippen LogP contribution is 2.48. The minimum Gasteiger partial charge on any atom is -0.505 e. The number of hydrogen-bond donors (Lipinski definition) is 2. The molecular formula is C13H14Cl2N2O3. The molecule has 1 fully saturated rings. The van der Waals surface area contributed by atoms with Gasteiger partial charge in [0.1, 0.15) is 5.41 Å². The summed E-state index contributed by atoms with van der Waals surface area (Å²) in [6.45, 7) is 0. The summed E-state index contributed by atoms with van der Waals surface area (Å²) in [6, 6.07) is 2.77. The second kappa shape index (κ2) is 5.14. The minimum absolute atomic E-state index is 0.0385. The number of rotatable bonds is 3. The quantitative estimate of drug-likeness (QED) is 0.665. The molecule has 1 aliphatic rings. The molecule has 0 atom stereocenters. The molecule has 0 spiro atoms. The summed E-state index contributed by atoms with van der Waals surface area (Å²) in [5, 5.41) is 12.2. The SMILES string of the molecule is CN(C)C(=O)C1(C(=O)Nc2cc(Cl)c(O)c(Cl)c2)CC1. The van der Waals surface area contributed by atoms with E-state index in [1.165, 1.54) is 17.0 Å². The van der Waals surface area contributed by atoms with Gasteiger partial charge in [-0.3, -0.25) is 9.59 Å². The van der Waals surface area contributed by atoms with E-state index in [1.54, 1.807) is 14.1 Å². The number of phenolic OH excluding ortho intramolecular Hbond substituents is 1. The highest BCUT2D eigenvalue weighted by atomic mass is 35.5. The number of carbonyl (C=O) groups excluding carboxylic acids is 2. The molecule has 1 aromatic carbocycles. The van der Waals surface area contributed by atoms with Crippen LogP contribution in [0.3, 0.4) is 0 Å². The van der Waals surface area contributed by atoms with Gasteiger partial charge in [-0.1, -0.05) is 23.2 Å². The predicted molar refractivity (Wildman–Crippen MR) is 77.1 cm³/mol. The van der Waals surface area contributed by atoms with E-state index in [0.29, 0.717) is 18.5 Å². The van der Waals surface area contributed by atoms with Crippen LogP contribution >= 0.6 is 23.2 Å². The monoisotopic (exact) mass is 316 g/mol. The van der Waals surface area contributed by atoms with Crippen LogP contribution in [0.5, 0.6) is 5.75 Å². The molecule has 0 aliphatic heterocycles. The first kappa shape index (κ1) is 14.9. The highest BCUT2D eigenvalue weighted by Gasteiger charge is 2.57. The molecule has 5 nitrogen and oxygen atoms in total. The van der Waals surface area contributed by atoms with E-state index in [4.69, 9.17) is 23.2 Å². The maximum atomic E-state index is 12.2. The lowest BCUT2D eigenvalue weighted by Gasteiger charge is -2.19. The zero-order valence-corrected chi connectivity index (χ0v) is 12.5. The van der Waals surface area contributed by atoms with Crippen molar-refractivity contribution in [3.63, 3.8) is 0 Å². The number of nitrogens with one attached hydrogen (secondary N) is 1. The van der Waals surface area contributed by atoms with Gasteiger partial charge in [-0.15, -0.1) is 0 Å². The first-order valence-electron chi connectivity index (χ1n) is 5.99. The van der Waals surface area contributed by atoms with Crippen LogP contribution in [0.15, 0.2) is 12.1 Å². The lowest BCUT2D eigenvalue weighted by molar-refractivity contribution is -0.140. The average Bonchev–Trinajstić information content (AvgIpc) is 3.16. The summed E-state index contributed by atoms with van der Waals surface area (Å²) in [5.74, 6) is -0.836. The third-order valence-electron chi connectivity index (χ3n) is 3.27. The van der Waals surface area contributed by atoms with Gasteiger partial charge in [0.05, 0.1) is 10.0 Å². The number of halogens is 2. The summed E-state index contributed by atoms with van der Waals surface area (Å²) in [5.41, 5.74) is -0.638. The van der Waals surface area contributed by atoms with Crippen molar-refractivity contribution in [2.45, 2.75) is 12.8 Å². The molecule has 7 heteroatoms. The van der Waals surface area contributed by atoms with Gasteiger partial charge in [0.25, 0.3) is 0 Å². The molecule has 0 aromatic heterocycles. The Morgan fingerprint density at radius 2 is 1.75 bits per heavy atom.